The first-order valence-electron chi connectivity index (χ1n) is 3.62. The third kappa shape index (κ3) is 2.24. The van der Waals surface area contributed by atoms with E-state index in [1.54, 1.807) is 6.20 Å². The van der Waals surface area contributed by atoms with E-state index in [-0.39, 0.29) is 51.4 Å². The molecule has 0 saturated heterocycles. The van der Waals surface area contributed by atoms with Crippen LogP contribution in [0.1, 0.15) is 5.56 Å². The van der Waals surface area contributed by atoms with Gasteiger partial charge in [0.05, 0.1) is 0 Å². The minimum atomic E-state index is 0. The number of nitrogens with zero attached hydrogens (tertiary/aromatic N) is 1. The Morgan fingerprint density at radius 3 is 3.25 bits per heavy atom. The van der Waals surface area contributed by atoms with Gasteiger partial charge in [0, 0.05) is 17.3 Å². The molecule has 12 heavy (non-hydrogen) atoms. The molecule has 0 aromatic carbocycles. The molecular weight excluding hydrogens is 195 g/mol. The summed E-state index contributed by atoms with van der Waals surface area (Å²) in [4.78, 5) is 4.22. The molecule has 0 spiro atoms. The van der Waals surface area contributed by atoms with Gasteiger partial charge in [-0.05, 0) is 0 Å². The van der Waals surface area contributed by atoms with Crippen molar-refractivity contribution in [3.8, 4) is 0 Å². The number of aromatic nitrogens is 1. The number of anilines is 1. The van der Waals surface area contributed by atoms with Crippen LogP contribution in [-0.4, -0.2) is 17.3 Å². The van der Waals surface area contributed by atoms with E-state index < -0.39 is 0 Å². The Hall–Kier alpha value is 0.936. The maximum Gasteiger partial charge on any atom is 1.00 e. The van der Waals surface area contributed by atoms with Crippen LogP contribution in [0.15, 0.2) is 11.2 Å². The van der Waals surface area contributed by atoms with E-state index in [9.17, 15) is 0 Å². The molecule has 1 aliphatic rings. The third-order valence-electron chi connectivity index (χ3n) is 1.69. The minimum Gasteiger partial charge on any atom is -0.459 e. The van der Waals surface area contributed by atoms with Gasteiger partial charge in [-0.3, -0.25) is 4.98 Å². The monoisotopic (exact) mass is 204 g/mol. The first-order chi connectivity index (χ1) is 5.38. The summed E-state index contributed by atoms with van der Waals surface area (Å²) in [7, 11) is 0. The topological polar surface area (TPSA) is 24.9 Å². The van der Waals surface area contributed by atoms with Gasteiger partial charge in [0.2, 0.25) is 0 Å². The molecule has 1 aliphatic heterocycles. The predicted octanol–water partition coefficient (Wildman–Crippen LogP) is -1.29. The van der Waals surface area contributed by atoms with Gasteiger partial charge >= 0.3 is 51.4 Å². The predicted molar refractivity (Wildman–Crippen MR) is 47.0 cm³/mol. The summed E-state index contributed by atoms with van der Waals surface area (Å²) in [6.07, 6.45) is 1.74. The van der Waals surface area contributed by atoms with E-state index in [2.05, 4.69) is 23.3 Å². The van der Waals surface area contributed by atoms with Crippen LogP contribution in [0.25, 0.3) is 0 Å². The normalized spacial score (nSPS) is 14.1. The first-order valence-corrected chi connectivity index (χ1v) is 4.60. The van der Waals surface area contributed by atoms with Gasteiger partial charge in [0.25, 0.3) is 0 Å². The molecule has 0 fully saturated rings. The number of aryl methyl sites for hydroxylation is 1. The molecule has 0 amide bonds. The largest absolute Gasteiger partial charge is 1.00 e. The van der Waals surface area contributed by atoms with E-state index in [0.717, 1.165) is 17.3 Å². The fourth-order valence-electron chi connectivity index (χ4n) is 1.13. The van der Waals surface area contributed by atoms with Gasteiger partial charge in [0.1, 0.15) is 0 Å². The summed E-state index contributed by atoms with van der Waals surface area (Å²) in [6, 6.07) is 3.07. The number of hydrogen-bond donors (Lipinski definition) is 1. The average molecular weight is 204 g/mol. The van der Waals surface area contributed by atoms with Gasteiger partial charge in [-0.2, -0.15) is 5.56 Å². The van der Waals surface area contributed by atoms with Crippen molar-refractivity contribution in [1.29, 1.82) is 0 Å². The van der Waals surface area contributed by atoms with Gasteiger partial charge < -0.3 is 5.32 Å². The van der Waals surface area contributed by atoms with Gasteiger partial charge in [-0.25, -0.2) is 6.07 Å². The van der Waals surface area contributed by atoms with Crippen LogP contribution in [0.4, 0.5) is 5.69 Å². The van der Waals surface area contributed by atoms with Crippen LogP contribution >= 0.6 is 11.8 Å². The standard InChI is InChI=1S/C8H9N2S.K/c1-6-2-3-10-8-7(6)9-4-5-11-8;/h3,9H,4-5H2,1H3;/q-1;+1. The van der Waals surface area contributed by atoms with E-state index in [0.29, 0.717) is 0 Å². The summed E-state index contributed by atoms with van der Waals surface area (Å²) in [5, 5.41) is 4.43. The van der Waals surface area contributed by atoms with Gasteiger partial charge in [-0.1, -0.05) is 18.8 Å². The Bertz CT molecular complexity index is 278. The summed E-state index contributed by atoms with van der Waals surface area (Å²) in [6.45, 7) is 3.09. The smallest absolute Gasteiger partial charge is 0.459 e. The van der Waals surface area contributed by atoms with E-state index in [4.69, 9.17) is 0 Å². The van der Waals surface area contributed by atoms with Crippen molar-refractivity contribution in [2.75, 3.05) is 17.6 Å². The number of rotatable bonds is 0. The van der Waals surface area contributed by atoms with E-state index in [1.807, 2.05) is 11.8 Å². The molecule has 58 valence electrons. The summed E-state index contributed by atoms with van der Waals surface area (Å²) in [5.41, 5.74) is 2.34. The molecule has 2 heterocycles. The van der Waals surface area contributed by atoms with Crippen molar-refractivity contribution >= 4 is 17.4 Å². The zero-order valence-electron chi connectivity index (χ0n) is 7.35. The Labute approximate surface area is 119 Å². The number of pyridine rings is 1. The molecule has 0 atom stereocenters. The number of hydrogen-bond acceptors (Lipinski definition) is 3. The maximum atomic E-state index is 4.22. The molecule has 0 radical (unpaired) electrons. The fraction of sp³-hybridized carbons (Fsp3) is 0.375. The van der Waals surface area contributed by atoms with Gasteiger partial charge in [0.15, 0.2) is 0 Å². The van der Waals surface area contributed by atoms with Crippen LogP contribution in [0.5, 0.6) is 0 Å². The number of fused-ring (bicyclic) bond motifs is 1. The summed E-state index contributed by atoms with van der Waals surface area (Å²) in [5.74, 6) is 1.11. The van der Waals surface area contributed by atoms with Crippen LogP contribution in [0, 0.1) is 13.0 Å². The molecule has 1 aromatic heterocycles. The third-order valence-corrected chi connectivity index (χ3v) is 2.69. The summed E-state index contributed by atoms with van der Waals surface area (Å²) < 4.78 is 0. The zero-order valence-corrected chi connectivity index (χ0v) is 11.3. The Morgan fingerprint density at radius 1 is 1.67 bits per heavy atom. The molecular formula is C8H9KN2S. The first kappa shape index (κ1) is 11.0. The molecule has 2 rings (SSSR count). The van der Waals surface area contributed by atoms with Crippen LogP contribution < -0.4 is 56.7 Å². The summed E-state index contributed by atoms with van der Waals surface area (Å²) >= 11 is 1.81. The van der Waals surface area contributed by atoms with Crippen LogP contribution in [0.2, 0.25) is 0 Å². The second-order valence-electron chi connectivity index (χ2n) is 2.48. The van der Waals surface area contributed by atoms with Gasteiger partial charge in [-0.15, -0.1) is 11.8 Å². The molecule has 1 N–H and O–H groups in total. The molecule has 0 saturated carbocycles. The van der Waals surface area contributed by atoms with Crippen molar-refractivity contribution in [3.05, 3.63) is 17.8 Å². The minimum absolute atomic E-state index is 0. The average Bonchev–Trinajstić information content (AvgIpc) is 2.06. The quantitative estimate of drug-likeness (QED) is 0.420. The van der Waals surface area contributed by atoms with Crippen molar-refractivity contribution < 1.29 is 51.4 Å². The molecule has 1 aromatic rings. The SMILES string of the molecule is Cc1[c-]cnc2c1NCCS2.[K+]. The zero-order chi connectivity index (χ0) is 7.68. The Kier molecular flexibility index (Phi) is 4.57. The Balaban J connectivity index is 0.000000720. The second kappa shape index (κ2) is 4.98. The number of nitrogens with one attached hydrogen (secondary N) is 1. The van der Waals surface area contributed by atoms with E-state index in [1.165, 1.54) is 11.3 Å². The van der Waals surface area contributed by atoms with Crippen LogP contribution in [-0.2, 0) is 0 Å². The van der Waals surface area contributed by atoms with E-state index >= 15 is 0 Å². The second-order valence-corrected chi connectivity index (χ2v) is 3.57. The van der Waals surface area contributed by atoms with Crippen molar-refractivity contribution in [2.45, 2.75) is 11.9 Å². The molecule has 4 heteroatoms. The Morgan fingerprint density at radius 2 is 2.50 bits per heavy atom. The molecule has 0 unspecified atom stereocenters. The molecule has 2 nitrogen and oxygen atoms in total. The van der Waals surface area contributed by atoms with Crippen molar-refractivity contribution in [3.63, 3.8) is 0 Å². The fourth-order valence-corrected chi connectivity index (χ4v) is 2.02. The van der Waals surface area contributed by atoms with Crippen LogP contribution in [0.3, 0.4) is 0 Å². The number of thioether (sulfide) groups is 1. The van der Waals surface area contributed by atoms with Crippen molar-refractivity contribution in [2.24, 2.45) is 0 Å². The molecule has 0 aliphatic carbocycles. The maximum absolute atomic E-state index is 4.22. The molecule has 0 bridgehead atoms. The van der Waals surface area contributed by atoms with Crippen molar-refractivity contribution in [1.82, 2.24) is 4.98 Å².